The van der Waals surface area contributed by atoms with Gasteiger partial charge in [0.05, 0.1) is 0 Å². The maximum atomic E-state index is 11.9. The van der Waals surface area contributed by atoms with Gasteiger partial charge in [0.1, 0.15) is 11.9 Å². The molecule has 5 nitrogen and oxygen atoms in total. The molecule has 98 valence electrons. The third-order valence-corrected chi connectivity index (χ3v) is 3.39. The number of piperidine rings is 1. The van der Waals surface area contributed by atoms with E-state index >= 15 is 0 Å². The van der Waals surface area contributed by atoms with Crippen LogP contribution in [0.2, 0.25) is 0 Å². The second-order valence-electron chi connectivity index (χ2n) is 4.55. The molecule has 1 unspecified atom stereocenters. The molecule has 1 aromatic rings. The van der Waals surface area contributed by atoms with Crippen LogP contribution in [0.1, 0.15) is 24.8 Å². The zero-order valence-corrected chi connectivity index (χ0v) is 10.7. The average molecular weight is 248 g/mol. The number of hydrogen-bond acceptors (Lipinski definition) is 4. The van der Waals surface area contributed by atoms with Crippen LogP contribution in [0, 0.1) is 0 Å². The molecule has 1 fully saturated rings. The molecule has 2 heterocycles. The number of pyridine rings is 1. The van der Waals surface area contributed by atoms with E-state index in [1.807, 2.05) is 12.1 Å². The second-order valence-corrected chi connectivity index (χ2v) is 4.55. The summed E-state index contributed by atoms with van der Waals surface area (Å²) in [5.74, 6) is 0.918. The fraction of sp³-hybridized carbons (Fsp3) is 0.538. The van der Waals surface area contributed by atoms with Crippen LogP contribution < -0.4 is 16.0 Å². The van der Waals surface area contributed by atoms with Crippen LogP contribution in [0.3, 0.4) is 0 Å². The van der Waals surface area contributed by atoms with Gasteiger partial charge in [0.2, 0.25) is 5.91 Å². The molecule has 0 aliphatic carbocycles. The van der Waals surface area contributed by atoms with Crippen molar-refractivity contribution in [1.82, 2.24) is 10.3 Å². The summed E-state index contributed by atoms with van der Waals surface area (Å²) in [4.78, 5) is 18.4. The Hall–Kier alpha value is -1.62. The number of anilines is 1. The molecule has 2 rings (SSSR count). The summed E-state index contributed by atoms with van der Waals surface area (Å²) < 4.78 is 0. The maximum absolute atomic E-state index is 11.9. The number of nitrogens with zero attached hydrogens (tertiary/aromatic N) is 2. The molecule has 0 bridgehead atoms. The molecule has 1 aliphatic rings. The molecule has 0 spiro atoms. The highest BCUT2D eigenvalue weighted by molar-refractivity contribution is 5.84. The summed E-state index contributed by atoms with van der Waals surface area (Å²) in [7, 11) is 1.68. The molecule has 0 saturated carbocycles. The first-order chi connectivity index (χ1) is 8.76. The zero-order valence-electron chi connectivity index (χ0n) is 10.7. The highest BCUT2D eigenvalue weighted by Gasteiger charge is 2.28. The lowest BCUT2D eigenvalue weighted by atomic mass is 10.0. The Labute approximate surface area is 107 Å². The summed E-state index contributed by atoms with van der Waals surface area (Å²) in [5.41, 5.74) is 6.69. The van der Waals surface area contributed by atoms with E-state index in [2.05, 4.69) is 15.2 Å². The standard InChI is InChI=1S/C13H20N4O/c1-15-13(18)11-4-2-3-7-17(11)12-8-10(9-14)5-6-16-12/h5-6,8,11H,2-4,7,9,14H2,1H3,(H,15,18). The molecular weight excluding hydrogens is 228 g/mol. The first-order valence-corrected chi connectivity index (χ1v) is 6.39. The van der Waals surface area contributed by atoms with Gasteiger partial charge in [0, 0.05) is 26.3 Å². The van der Waals surface area contributed by atoms with Gasteiger partial charge >= 0.3 is 0 Å². The molecule has 5 heteroatoms. The van der Waals surface area contributed by atoms with Crippen LogP contribution in [-0.4, -0.2) is 30.5 Å². The lowest BCUT2D eigenvalue weighted by Crippen LogP contribution is -2.49. The molecule has 1 aromatic heterocycles. The van der Waals surface area contributed by atoms with E-state index in [0.717, 1.165) is 37.2 Å². The maximum Gasteiger partial charge on any atom is 0.242 e. The van der Waals surface area contributed by atoms with Gasteiger partial charge in [-0.2, -0.15) is 0 Å². The number of likely N-dealkylation sites (N-methyl/N-ethyl adjacent to an activating group) is 1. The summed E-state index contributed by atoms with van der Waals surface area (Å²) in [6.07, 6.45) is 4.83. The van der Waals surface area contributed by atoms with Crippen LogP contribution in [0.25, 0.3) is 0 Å². The second kappa shape index (κ2) is 5.82. The van der Waals surface area contributed by atoms with Crippen molar-refractivity contribution < 1.29 is 4.79 Å². The van der Waals surface area contributed by atoms with Gasteiger partial charge in [-0.05, 0) is 37.0 Å². The van der Waals surface area contributed by atoms with Crippen molar-refractivity contribution in [3.8, 4) is 0 Å². The molecule has 1 amide bonds. The Morgan fingerprint density at radius 1 is 1.61 bits per heavy atom. The minimum Gasteiger partial charge on any atom is -0.357 e. The average Bonchev–Trinajstić information content (AvgIpc) is 2.46. The number of rotatable bonds is 3. The summed E-state index contributed by atoms with van der Waals surface area (Å²) in [5, 5.41) is 2.73. The van der Waals surface area contributed by atoms with Gasteiger partial charge < -0.3 is 16.0 Å². The fourth-order valence-electron chi connectivity index (χ4n) is 2.39. The predicted octanol–water partition coefficient (Wildman–Crippen LogP) is 0.645. The van der Waals surface area contributed by atoms with Crippen molar-refractivity contribution in [2.24, 2.45) is 5.73 Å². The highest BCUT2D eigenvalue weighted by Crippen LogP contribution is 2.23. The largest absolute Gasteiger partial charge is 0.357 e. The van der Waals surface area contributed by atoms with Gasteiger partial charge in [0.15, 0.2) is 0 Å². The minimum atomic E-state index is -0.107. The van der Waals surface area contributed by atoms with Gasteiger partial charge in [-0.3, -0.25) is 4.79 Å². The third-order valence-electron chi connectivity index (χ3n) is 3.39. The molecule has 1 atom stereocenters. The first kappa shape index (κ1) is 12.8. The Morgan fingerprint density at radius 2 is 2.44 bits per heavy atom. The third kappa shape index (κ3) is 2.61. The normalized spacial score (nSPS) is 19.7. The van der Waals surface area contributed by atoms with Crippen molar-refractivity contribution in [3.05, 3.63) is 23.9 Å². The van der Waals surface area contributed by atoms with E-state index in [-0.39, 0.29) is 11.9 Å². The van der Waals surface area contributed by atoms with Crippen LogP contribution in [-0.2, 0) is 11.3 Å². The quantitative estimate of drug-likeness (QED) is 0.823. The van der Waals surface area contributed by atoms with Crippen molar-refractivity contribution in [3.63, 3.8) is 0 Å². The Morgan fingerprint density at radius 3 is 3.17 bits per heavy atom. The Kier molecular flexibility index (Phi) is 4.15. The number of amides is 1. The van der Waals surface area contributed by atoms with E-state index in [9.17, 15) is 4.79 Å². The predicted molar refractivity (Wildman–Crippen MR) is 71.2 cm³/mol. The SMILES string of the molecule is CNC(=O)C1CCCCN1c1cc(CN)ccn1. The van der Waals surface area contributed by atoms with E-state index in [0.29, 0.717) is 6.54 Å². The van der Waals surface area contributed by atoms with Crippen LogP contribution in [0.15, 0.2) is 18.3 Å². The Balaban J connectivity index is 2.24. The van der Waals surface area contributed by atoms with Crippen molar-refractivity contribution >= 4 is 11.7 Å². The molecule has 0 aromatic carbocycles. The molecule has 0 radical (unpaired) electrons. The van der Waals surface area contributed by atoms with Crippen molar-refractivity contribution in [2.75, 3.05) is 18.5 Å². The smallest absolute Gasteiger partial charge is 0.242 e. The van der Waals surface area contributed by atoms with Crippen LogP contribution in [0.5, 0.6) is 0 Å². The van der Waals surface area contributed by atoms with Crippen LogP contribution in [0.4, 0.5) is 5.82 Å². The van der Waals surface area contributed by atoms with Gasteiger partial charge in [-0.25, -0.2) is 4.98 Å². The van der Waals surface area contributed by atoms with Crippen molar-refractivity contribution in [2.45, 2.75) is 31.8 Å². The summed E-state index contributed by atoms with van der Waals surface area (Å²) >= 11 is 0. The number of aromatic nitrogens is 1. The first-order valence-electron chi connectivity index (χ1n) is 6.39. The van der Waals surface area contributed by atoms with Crippen molar-refractivity contribution in [1.29, 1.82) is 0 Å². The molecule has 1 aliphatic heterocycles. The number of nitrogens with one attached hydrogen (secondary N) is 1. The monoisotopic (exact) mass is 248 g/mol. The van der Waals surface area contributed by atoms with E-state index in [1.54, 1.807) is 13.2 Å². The topological polar surface area (TPSA) is 71.2 Å². The summed E-state index contributed by atoms with van der Waals surface area (Å²) in [6, 6.07) is 3.77. The minimum absolute atomic E-state index is 0.0645. The lowest BCUT2D eigenvalue weighted by molar-refractivity contribution is -0.122. The van der Waals surface area contributed by atoms with E-state index in [1.165, 1.54) is 0 Å². The molecular formula is C13H20N4O. The molecule has 18 heavy (non-hydrogen) atoms. The van der Waals surface area contributed by atoms with Gasteiger partial charge in [-0.1, -0.05) is 0 Å². The van der Waals surface area contributed by atoms with E-state index in [4.69, 9.17) is 5.73 Å². The molecule has 3 N–H and O–H groups in total. The van der Waals surface area contributed by atoms with Crippen LogP contribution >= 0.6 is 0 Å². The fourth-order valence-corrected chi connectivity index (χ4v) is 2.39. The molecule has 1 saturated heterocycles. The number of carbonyl (C=O) groups excluding carboxylic acids is 1. The zero-order chi connectivity index (χ0) is 13.0. The lowest BCUT2D eigenvalue weighted by Gasteiger charge is -2.35. The van der Waals surface area contributed by atoms with Gasteiger partial charge in [0.25, 0.3) is 0 Å². The number of carbonyl (C=O) groups is 1. The van der Waals surface area contributed by atoms with Gasteiger partial charge in [-0.15, -0.1) is 0 Å². The Bertz CT molecular complexity index is 421. The highest BCUT2D eigenvalue weighted by atomic mass is 16.2. The number of nitrogens with two attached hydrogens (primary N) is 1. The number of hydrogen-bond donors (Lipinski definition) is 2. The summed E-state index contributed by atoms with van der Waals surface area (Å²) in [6.45, 7) is 1.37. The van der Waals surface area contributed by atoms with E-state index < -0.39 is 0 Å².